The van der Waals surface area contributed by atoms with Crippen LogP contribution in [0.1, 0.15) is 12.8 Å². The molecule has 22 heavy (non-hydrogen) atoms. The van der Waals surface area contributed by atoms with Crippen LogP contribution < -0.4 is 4.74 Å². The lowest BCUT2D eigenvalue weighted by molar-refractivity contribution is 0.341. The highest BCUT2D eigenvalue weighted by Crippen LogP contribution is 2.28. The third-order valence-electron chi connectivity index (χ3n) is 2.80. The predicted molar refractivity (Wildman–Crippen MR) is 79.3 cm³/mol. The van der Waals surface area contributed by atoms with E-state index in [1.807, 2.05) is 31.2 Å². The molecule has 0 aliphatic heterocycles. The number of hydrogen-bond donors (Lipinski definition) is 0. The van der Waals surface area contributed by atoms with Gasteiger partial charge in [0.25, 0.3) is 0 Å². The molecule has 0 N–H and O–H groups in total. The van der Waals surface area contributed by atoms with E-state index in [1.165, 1.54) is 11.8 Å². The minimum absolute atomic E-state index is 0.498. The molecular weight excluding hydrogens is 304 g/mol. The first-order chi connectivity index (χ1) is 10.8. The molecule has 2 heterocycles. The predicted octanol–water partition coefficient (Wildman–Crippen LogP) is 1.95. The normalized spacial score (nSPS) is 10.8. The van der Waals surface area contributed by atoms with Gasteiger partial charge in [-0.3, -0.25) is 0 Å². The van der Waals surface area contributed by atoms with Gasteiger partial charge < -0.3 is 9.26 Å². The van der Waals surface area contributed by atoms with Gasteiger partial charge in [-0.1, -0.05) is 29.1 Å². The van der Waals surface area contributed by atoms with Gasteiger partial charge in [-0.25, -0.2) is 4.68 Å². The first-order valence-corrected chi connectivity index (χ1v) is 7.66. The molecule has 9 heteroatoms. The first kappa shape index (κ1) is 14.5. The number of aromatic nitrogens is 6. The van der Waals surface area contributed by atoms with Crippen LogP contribution in [0.15, 0.2) is 33.9 Å². The maximum absolute atomic E-state index is 5.58. The summed E-state index contributed by atoms with van der Waals surface area (Å²) >= 11 is 1.43. The van der Waals surface area contributed by atoms with Gasteiger partial charge in [-0.2, -0.15) is 4.98 Å². The number of nitrogens with zero attached hydrogens (tertiary/aromatic N) is 6. The Morgan fingerprint density at radius 1 is 1.32 bits per heavy atom. The molecule has 0 bridgehead atoms. The van der Waals surface area contributed by atoms with Gasteiger partial charge in [0.05, 0.1) is 17.9 Å². The van der Waals surface area contributed by atoms with E-state index in [0.717, 1.165) is 11.3 Å². The Kier molecular flexibility index (Phi) is 4.33. The zero-order chi connectivity index (χ0) is 15.4. The van der Waals surface area contributed by atoms with Crippen LogP contribution in [-0.4, -0.2) is 37.0 Å². The molecule has 0 saturated carbocycles. The zero-order valence-electron chi connectivity index (χ0n) is 12.1. The summed E-state index contributed by atoms with van der Waals surface area (Å²) in [6.45, 7) is 2.51. The number of hydrogen-bond acceptors (Lipinski definition) is 8. The van der Waals surface area contributed by atoms with Crippen LogP contribution >= 0.6 is 11.8 Å². The molecule has 0 fully saturated rings. The summed E-state index contributed by atoms with van der Waals surface area (Å²) in [6, 6.07) is 7.61. The number of rotatable bonds is 6. The molecule has 0 unspecified atom stereocenters. The van der Waals surface area contributed by atoms with Gasteiger partial charge in [0.2, 0.25) is 16.9 Å². The SMILES string of the molecule is CCOc1ccccc1-c1noc(CSc2nnnn2C)n1. The van der Waals surface area contributed by atoms with Crippen LogP contribution in [0.2, 0.25) is 0 Å². The Bertz CT molecular complexity index is 756. The molecule has 0 radical (unpaired) electrons. The Hall–Kier alpha value is -2.42. The molecule has 0 aliphatic rings. The summed E-state index contributed by atoms with van der Waals surface area (Å²) < 4.78 is 12.4. The van der Waals surface area contributed by atoms with E-state index in [2.05, 4.69) is 25.7 Å². The minimum atomic E-state index is 0.498. The minimum Gasteiger partial charge on any atom is -0.493 e. The van der Waals surface area contributed by atoms with E-state index in [0.29, 0.717) is 29.2 Å². The molecule has 114 valence electrons. The van der Waals surface area contributed by atoms with Crippen molar-refractivity contribution in [2.24, 2.45) is 7.05 Å². The number of aryl methyl sites for hydroxylation is 1. The van der Waals surface area contributed by atoms with Gasteiger partial charge >= 0.3 is 0 Å². The third kappa shape index (κ3) is 3.08. The number of benzene rings is 1. The fourth-order valence-corrected chi connectivity index (χ4v) is 2.51. The second-order valence-corrected chi connectivity index (χ2v) is 5.26. The van der Waals surface area contributed by atoms with Crippen molar-refractivity contribution in [1.82, 2.24) is 30.3 Å². The van der Waals surface area contributed by atoms with Crippen LogP contribution in [0, 0.1) is 0 Å². The number of tetrazole rings is 1. The Balaban J connectivity index is 1.75. The number of para-hydroxylation sites is 1. The third-order valence-corrected chi connectivity index (χ3v) is 3.80. The first-order valence-electron chi connectivity index (χ1n) is 6.68. The lowest BCUT2D eigenvalue weighted by Crippen LogP contribution is -1.95. The van der Waals surface area contributed by atoms with Crippen molar-refractivity contribution < 1.29 is 9.26 Å². The van der Waals surface area contributed by atoms with Crippen molar-refractivity contribution in [3.05, 3.63) is 30.2 Å². The van der Waals surface area contributed by atoms with E-state index >= 15 is 0 Å². The van der Waals surface area contributed by atoms with Gasteiger partial charge in [0, 0.05) is 7.05 Å². The van der Waals surface area contributed by atoms with Gasteiger partial charge in [0.1, 0.15) is 5.75 Å². The van der Waals surface area contributed by atoms with Gasteiger partial charge in [0.15, 0.2) is 0 Å². The number of ether oxygens (including phenoxy) is 1. The maximum Gasteiger partial charge on any atom is 0.237 e. The van der Waals surface area contributed by atoms with Crippen LogP contribution in [-0.2, 0) is 12.8 Å². The van der Waals surface area contributed by atoms with Crippen LogP contribution in [0.3, 0.4) is 0 Å². The molecule has 0 spiro atoms. The highest BCUT2D eigenvalue weighted by molar-refractivity contribution is 7.98. The second kappa shape index (κ2) is 6.56. The second-order valence-electron chi connectivity index (χ2n) is 4.31. The molecule has 1 aromatic carbocycles. The van der Waals surface area contributed by atoms with Crippen molar-refractivity contribution >= 4 is 11.8 Å². The average molecular weight is 318 g/mol. The molecule has 0 amide bonds. The summed E-state index contributed by atoms with van der Waals surface area (Å²) in [5, 5.41) is 15.9. The highest BCUT2D eigenvalue weighted by atomic mass is 32.2. The summed E-state index contributed by atoms with van der Waals surface area (Å²) in [5.74, 6) is 2.26. The van der Waals surface area contributed by atoms with Crippen molar-refractivity contribution in [1.29, 1.82) is 0 Å². The van der Waals surface area contributed by atoms with Crippen LogP contribution in [0.25, 0.3) is 11.4 Å². The van der Waals surface area contributed by atoms with Crippen molar-refractivity contribution in [3.63, 3.8) is 0 Å². The van der Waals surface area contributed by atoms with Crippen molar-refractivity contribution in [2.75, 3.05) is 6.61 Å². The van der Waals surface area contributed by atoms with E-state index in [-0.39, 0.29) is 0 Å². The van der Waals surface area contributed by atoms with E-state index < -0.39 is 0 Å². The fourth-order valence-electron chi connectivity index (χ4n) is 1.83. The van der Waals surface area contributed by atoms with Crippen LogP contribution in [0.5, 0.6) is 5.75 Å². The summed E-state index contributed by atoms with van der Waals surface area (Å²) in [6.07, 6.45) is 0. The molecule has 3 aromatic rings. The van der Waals surface area contributed by atoms with Gasteiger partial charge in [-0.05, 0) is 29.5 Å². The van der Waals surface area contributed by atoms with Crippen molar-refractivity contribution in [2.45, 2.75) is 17.8 Å². The Morgan fingerprint density at radius 3 is 2.95 bits per heavy atom. The maximum atomic E-state index is 5.58. The summed E-state index contributed by atoms with van der Waals surface area (Å²) in [4.78, 5) is 4.40. The largest absolute Gasteiger partial charge is 0.493 e. The zero-order valence-corrected chi connectivity index (χ0v) is 12.9. The summed E-state index contributed by atoms with van der Waals surface area (Å²) in [5.41, 5.74) is 0.810. The lowest BCUT2D eigenvalue weighted by atomic mass is 10.2. The topological polar surface area (TPSA) is 91.8 Å². The average Bonchev–Trinajstić information content (AvgIpc) is 3.15. The Morgan fingerprint density at radius 2 is 2.18 bits per heavy atom. The monoisotopic (exact) mass is 318 g/mol. The lowest BCUT2D eigenvalue weighted by Gasteiger charge is -2.05. The standard InChI is InChI=1S/C13H14N6O2S/c1-3-20-10-7-5-4-6-9(10)12-14-11(21-16-12)8-22-13-15-17-18-19(13)2/h4-7H,3,8H2,1-2H3. The van der Waals surface area contributed by atoms with E-state index in [1.54, 1.807) is 11.7 Å². The molecule has 2 aromatic heterocycles. The fraction of sp³-hybridized carbons (Fsp3) is 0.308. The van der Waals surface area contributed by atoms with Crippen molar-refractivity contribution in [3.8, 4) is 17.1 Å². The molecule has 3 rings (SSSR count). The smallest absolute Gasteiger partial charge is 0.237 e. The van der Waals surface area contributed by atoms with Crippen LogP contribution in [0.4, 0.5) is 0 Å². The molecule has 8 nitrogen and oxygen atoms in total. The highest BCUT2D eigenvalue weighted by Gasteiger charge is 2.14. The Labute approximate surface area is 130 Å². The molecular formula is C13H14N6O2S. The van der Waals surface area contributed by atoms with Gasteiger partial charge in [-0.15, -0.1) is 5.10 Å². The molecule has 0 aliphatic carbocycles. The summed E-state index contributed by atoms with van der Waals surface area (Å²) in [7, 11) is 1.78. The quantitative estimate of drug-likeness (QED) is 0.637. The van der Waals surface area contributed by atoms with E-state index in [9.17, 15) is 0 Å². The number of thioether (sulfide) groups is 1. The molecule has 0 atom stereocenters. The molecule has 0 saturated heterocycles. The van der Waals surface area contributed by atoms with E-state index in [4.69, 9.17) is 9.26 Å².